The lowest BCUT2D eigenvalue weighted by Gasteiger charge is -2.31. The Labute approximate surface area is 123 Å². The number of hydrogen-bond donors (Lipinski definition) is 1. The highest BCUT2D eigenvalue weighted by molar-refractivity contribution is 6.30. The van der Waals surface area contributed by atoms with E-state index in [0.29, 0.717) is 12.0 Å². The summed E-state index contributed by atoms with van der Waals surface area (Å²) in [7, 11) is 0. The predicted molar refractivity (Wildman–Crippen MR) is 80.3 cm³/mol. The maximum atomic E-state index is 14.0. The zero-order valence-electron chi connectivity index (χ0n) is 11.2. The number of hydrogen-bond acceptors (Lipinski definition) is 1. The maximum absolute atomic E-state index is 14.0. The molecule has 0 spiro atoms. The number of aryl methyl sites for hydroxylation is 1. The van der Waals surface area contributed by atoms with Crippen LogP contribution in [0.4, 0.5) is 4.39 Å². The van der Waals surface area contributed by atoms with E-state index in [1.807, 2.05) is 12.1 Å². The Morgan fingerprint density at radius 3 is 2.80 bits per heavy atom. The van der Waals surface area contributed by atoms with Crippen molar-refractivity contribution in [3.05, 3.63) is 70.0 Å². The van der Waals surface area contributed by atoms with Crippen LogP contribution in [-0.4, -0.2) is 0 Å². The first kappa shape index (κ1) is 13.6. The third kappa shape index (κ3) is 2.46. The van der Waals surface area contributed by atoms with Crippen molar-refractivity contribution in [3.8, 4) is 0 Å². The van der Waals surface area contributed by atoms with Gasteiger partial charge in [-0.3, -0.25) is 0 Å². The third-order valence-corrected chi connectivity index (χ3v) is 4.51. The largest absolute Gasteiger partial charge is 0.324 e. The molecular formula is C17H17ClFN. The molecule has 104 valence electrons. The number of halogens is 2. The van der Waals surface area contributed by atoms with Crippen LogP contribution in [0.3, 0.4) is 0 Å². The molecule has 1 aliphatic rings. The molecule has 1 aliphatic carbocycles. The first-order valence-corrected chi connectivity index (χ1v) is 7.31. The summed E-state index contributed by atoms with van der Waals surface area (Å²) in [6.07, 6.45) is 2.64. The minimum atomic E-state index is -0.305. The average Bonchev–Trinajstić information content (AvgIpc) is 2.47. The van der Waals surface area contributed by atoms with E-state index < -0.39 is 0 Å². The highest BCUT2D eigenvalue weighted by Crippen LogP contribution is 2.35. The quantitative estimate of drug-likeness (QED) is 0.877. The Morgan fingerprint density at radius 2 is 1.95 bits per heavy atom. The number of rotatable bonds is 2. The van der Waals surface area contributed by atoms with Crippen LogP contribution in [0.25, 0.3) is 0 Å². The second-order valence-electron chi connectivity index (χ2n) is 5.44. The summed E-state index contributed by atoms with van der Waals surface area (Å²) in [5.41, 5.74) is 9.56. The molecular weight excluding hydrogens is 273 g/mol. The van der Waals surface area contributed by atoms with Crippen LogP contribution in [0.1, 0.15) is 29.2 Å². The van der Waals surface area contributed by atoms with Crippen molar-refractivity contribution in [1.29, 1.82) is 0 Å². The Bertz CT molecular complexity index is 626. The molecule has 0 heterocycles. The molecule has 2 aromatic carbocycles. The van der Waals surface area contributed by atoms with Crippen LogP contribution in [0.5, 0.6) is 0 Å². The van der Waals surface area contributed by atoms with Crippen molar-refractivity contribution >= 4 is 11.6 Å². The van der Waals surface area contributed by atoms with Crippen molar-refractivity contribution < 1.29 is 4.39 Å². The molecule has 2 atom stereocenters. The maximum Gasteiger partial charge on any atom is 0.144 e. The third-order valence-electron chi connectivity index (χ3n) is 4.22. The van der Waals surface area contributed by atoms with Gasteiger partial charge in [0.2, 0.25) is 0 Å². The Kier molecular flexibility index (Phi) is 3.77. The van der Waals surface area contributed by atoms with Gasteiger partial charge < -0.3 is 5.73 Å². The van der Waals surface area contributed by atoms with Crippen LogP contribution in [-0.2, 0) is 12.8 Å². The molecule has 3 rings (SSSR count). The van der Waals surface area contributed by atoms with Crippen molar-refractivity contribution in [2.24, 2.45) is 11.7 Å². The molecule has 1 nitrogen and oxygen atoms in total. The first-order valence-electron chi connectivity index (χ1n) is 6.93. The van der Waals surface area contributed by atoms with Gasteiger partial charge in [-0.15, -0.1) is 0 Å². The molecule has 2 N–H and O–H groups in total. The molecule has 0 aliphatic heterocycles. The molecule has 2 aromatic rings. The van der Waals surface area contributed by atoms with E-state index in [1.54, 1.807) is 18.2 Å². The predicted octanol–water partition coefficient (Wildman–Crippen LogP) is 4.28. The molecule has 2 unspecified atom stereocenters. The van der Waals surface area contributed by atoms with E-state index in [-0.39, 0.29) is 22.8 Å². The molecule has 3 heteroatoms. The van der Waals surface area contributed by atoms with E-state index in [2.05, 4.69) is 12.1 Å². The van der Waals surface area contributed by atoms with Gasteiger partial charge in [-0.05, 0) is 47.9 Å². The summed E-state index contributed by atoms with van der Waals surface area (Å²) >= 11 is 5.84. The highest BCUT2D eigenvalue weighted by atomic mass is 35.5. The van der Waals surface area contributed by atoms with Crippen molar-refractivity contribution in [1.82, 2.24) is 0 Å². The summed E-state index contributed by atoms with van der Waals surface area (Å²) in [6, 6.07) is 13.4. The van der Waals surface area contributed by atoms with Gasteiger partial charge in [-0.25, -0.2) is 4.39 Å². The molecule has 0 fully saturated rings. The molecule has 0 aromatic heterocycles. The van der Waals surface area contributed by atoms with Crippen molar-refractivity contribution in [2.45, 2.75) is 25.3 Å². The lowest BCUT2D eigenvalue weighted by Crippen LogP contribution is -2.29. The summed E-state index contributed by atoms with van der Waals surface area (Å²) < 4.78 is 14.0. The summed E-state index contributed by atoms with van der Waals surface area (Å²) in [4.78, 5) is 0. The van der Waals surface area contributed by atoms with Crippen LogP contribution >= 0.6 is 11.6 Å². The molecule has 0 bridgehead atoms. The monoisotopic (exact) mass is 289 g/mol. The summed E-state index contributed by atoms with van der Waals surface area (Å²) in [5, 5.41) is 0.187. The lowest BCUT2D eigenvalue weighted by molar-refractivity contribution is 0.371. The van der Waals surface area contributed by atoms with Crippen LogP contribution < -0.4 is 5.73 Å². The van der Waals surface area contributed by atoms with Gasteiger partial charge in [-0.2, -0.15) is 0 Å². The van der Waals surface area contributed by atoms with Crippen molar-refractivity contribution in [2.75, 3.05) is 0 Å². The van der Waals surface area contributed by atoms with E-state index >= 15 is 0 Å². The Hall–Kier alpha value is -1.38. The van der Waals surface area contributed by atoms with E-state index in [4.69, 9.17) is 17.3 Å². The number of benzene rings is 2. The standard InChI is InChI=1S/C17H17ClFN/c18-15-7-3-5-12(16(15)19)10-13-9-8-11-4-1-2-6-14(11)17(13)20/h1-7,13,17H,8-10,20H2. The summed E-state index contributed by atoms with van der Waals surface area (Å²) in [5.74, 6) is -0.0434. The highest BCUT2D eigenvalue weighted by Gasteiger charge is 2.27. The first-order chi connectivity index (χ1) is 9.66. The topological polar surface area (TPSA) is 26.0 Å². The van der Waals surface area contributed by atoms with E-state index in [9.17, 15) is 4.39 Å². The minimum absolute atomic E-state index is 0.0293. The molecule has 0 amide bonds. The van der Waals surface area contributed by atoms with Gasteiger partial charge in [0, 0.05) is 6.04 Å². The van der Waals surface area contributed by atoms with E-state index in [1.165, 1.54) is 11.1 Å². The van der Waals surface area contributed by atoms with Gasteiger partial charge >= 0.3 is 0 Å². The van der Waals surface area contributed by atoms with E-state index in [0.717, 1.165) is 12.8 Å². The average molecular weight is 290 g/mol. The van der Waals surface area contributed by atoms with Crippen LogP contribution in [0, 0.1) is 11.7 Å². The second-order valence-corrected chi connectivity index (χ2v) is 5.85. The Balaban J connectivity index is 1.85. The van der Waals surface area contributed by atoms with Gasteiger partial charge in [0.15, 0.2) is 0 Å². The lowest BCUT2D eigenvalue weighted by atomic mass is 9.77. The van der Waals surface area contributed by atoms with Crippen LogP contribution in [0.2, 0.25) is 5.02 Å². The fourth-order valence-corrected chi connectivity index (χ4v) is 3.27. The second kappa shape index (κ2) is 5.55. The van der Waals surface area contributed by atoms with Gasteiger partial charge in [0.25, 0.3) is 0 Å². The van der Waals surface area contributed by atoms with Gasteiger partial charge in [0.05, 0.1) is 5.02 Å². The molecule has 20 heavy (non-hydrogen) atoms. The minimum Gasteiger partial charge on any atom is -0.324 e. The zero-order valence-corrected chi connectivity index (χ0v) is 11.9. The fourth-order valence-electron chi connectivity index (χ4n) is 3.08. The number of fused-ring (bicyclic) bond motifs is 1. The van der Waals surface area contributed by atoms with Gasteiger partial charge in [-0.1, -0.05) is 48.0 Å². The van der Waals surface area contributed by atoms with Gasteiger partial charge in [0.1, 0.15) is 5.82 Å². The SMILES string of the molecule is NC1c2ccccc2CCC1Cc1cccc(Cl)c1F. The van der Waals surface area contributed by atoms with Crippen LogP contribution in [0.15, 0.2) is 42.5 Å². The fraction of sp³-hybridized carbons (Fsp3) is 0.294. The molecule has 0 saturated heterocycles. The Morgan fingerprint density at radius 1 is 1.15 bits per heavy atom. The normalized spacial score (nSPS) is 21.6. The summed E-state index contributed by atoms with van der Waals surface area (Å²) in [6.45, 7) is 0. The smallest absolute Gasteiger partial charge is 0.144 e. The number of nitrogens with two attached hydrogens (primary N) is 1. The zero-order chi connectivity index (χ0) is 14.1. The molecule has 0 saturated carbocycles. The van der Waals surface area contributed by atoms with Crippen molar-refractivity contribution in [3.63, 3.8) is 0 Å². The molecule has 0 radical (unpaired) electrons.